The SMILES string of the molecule is CCOCC1=CS1. The quantitative estimate of drug-likeness (QED) is 0.554. The molecule has 0 bridgehead atoms. The smallest absolute Gasteiger partial charge is 0.0783 e. The Morgan fingerprint density at radius 3 is 3.00 bits per heavy atom. The summed E-state index contributed by atoms with van der Waals surface area (Å²) in [5.74, 6) is 0. The third-order valence-corrected chi connectivity index (χ3v) is 1.42. The van der Waals surface area contributed by atoms with Crippen LogP contribution in [-0.2, 0) is 4.74 Å². The standard InChI is InChI=1S/C5H8OS/c1-2-6-3-5-4-7-5/h4H,2-3H2,1H3. The molecule has 1 rings (SSSR count). The molecule has 0 aromatic heterocycles. The molecule has 0 aliphatic carbocycles. The maximum atomic E-state index is 5.07. The zero-order chi connectivity index (χ0) is 5.11. The molecule has 0 radical (unpaired) electrons. The van der Waals surface area contributed by atoms with Gasteiger partial charge in [-0.1, -0.05) is 11.8 Å². The van der Waals surface area contributed by atoms with Crippen LogP contribution in [0.25, 0.3) is 0 Å². The highest BCUT2D eigenvalue weighted by Gasteiger charge is 2.06. The fraction of sp³-hybridized carbons (Fsp3) is 0.600. The largest absolute Gasteiger partial charge is 0.376 e. The molecular weight excluding hydrogens is 108 g/mol. The van der Waals surface area contributed by atoms with Gasteiger partial charge in [-0.3, -0.25) is 0 Å². The van der Waals surface area contributed by atoms with Crippen molar-refractivity contribution in [3.05, 3.63) is 10.3 Å². The van der Waals surface area contributed by atoms with E-state index in [0.29, 0.717) is 0 Å². The zero-order valence-corrected chi connectivity index (χ0v) is 5.12. The lowest BCUT2D eigenvalue weighted by atomic mass is 10.7. The van der Waals surface area contributed by atoms with E-state index in [-0.39, 0.29) is 0 Å². The van der Waals surface area contributed by atoms with E-state index in [1.54, 1.807) is 11.8 Å². The summed E-state index contributed by atoms with van der Waals surface area (Å²) in [6, 6.07) is 0. The van der Waals surface area contributed by atoms with Crippen molar-refractivity contribution >= 4 is 11.8 Å². The van der Waals surface area contributed by atoms with Crippen molar-refractivity contribution in [2.45, 2.75) is 6.92 Å². The Hall–Kier alpha value is 0.0500. The van der Waals surface area contributed by atoms with Crippen molar-refractivity contribution < 1.29 is 4.74 Å². The van der Waals surface area contributed by atoms with Gasteiger partial charge in [0.25, 0.3) is 0 Å². The van der Waals surface area contributed by atoms with Crippen LogP contribution in [0, 0.1) is 0 Å². The molecule has 0 N–H and O–H groups in total. The topological polar surface area (TPSA) is 9.23 Å². The van der Waals surface area contributed by atoms with Gasteiger partial charge in [-0.15, -0.1) is 0 Å². The van der Waals surface area contributed by atoms with Crippen LogP contribution in [0.1, 0.15) is 6.92 Å². The van der Waals surface area contributed by atoms with Crippen molar-refractivity contribution in [1.82, 2.24) is 0 Å². The minimum atomic E-state index is 0.831. The first kappa shape index (κ1) is 5.19. The van der Waals surface area contributed by atoms with E-state index < -0.39 is 0 Å². The van der Waals surface area contributed by atoms with Crippen LogP contribution in [0.2, 0.25) is 0 Å². The summed E-state index contributed by atoms with van der Waals surface area (Å²) in [6.07, 6.45) is 0. The minimum absolute atomic E-state index is 0.831. The van der Waals surface area contributed by atoms with Crippen LogP contribution in [0.5, 0.6) is 0 Å². The third-order valence-electron chi connectivity index (χ3n) is 0.733. The first-order valence-corrected chi connectivity index (χ1v) is 3.25. The molecule has 0 aromatic carbocycles. The Kier molecular flexibility index (Phi) is 1.77. The zero-order valence-electron chi connectivity index (χ0n) is 4.31. The predicted molar refractivity (Wildman–Crippen MR) is 32.2 cm³/mol. The molecule has 1 nitrogen and oxygen atoms in total. The van der Waals surface area contributed by atoms with Crippen LogP contribution in [0.4, 0.5) is 0 Å². The Labute approximate surface area is 47.7 Å². The highest BCUT2D eigenvalue weighted by atomic mass is 32.2. The summed E-state index contributed by atoms with van der Waals surface area (Å²) < 4.78 is 5.07. The van der Waals surface area contributed by atoms with Crippen molar-refractivity contribution in [2.75, 3.05) is 13.2 Å². The van der Waals surface area contributed by atoms with Gasteiger partial charge in [-0.05, 0) is 12.3 Å². The number of thioether (sulfide) groups is 1. The van der Waals surface area contributed by atoms with Crippen LogP contribution in [-0.4, -0.2) is 13.2 Å². The normalized spacial score (nSPS) is 16.4. The van der Waals surface area contributed by atoms with E-state index in [0.717, 1.165) is 13.2 Å². The van der Waals surface area contributed by atoms with E-state index >= 15 is 0 Å². The summed E-state index contributed by atoms with van der Waals surface area (Å²) in [5, 5.41) is 2.11. The molecule has 1 heterocycles. The average Bonchev–Trinajstić information content (AvgIpc) is 2.42. The van der Waals surface area contributed by atoms with Crippen LogP contribution >= 0.6 is 11.8 Å². The van der Waals surface area contributed by atoms with Crippen molar-refractivity contribution in [2.24, 2.45) is 0 Å². The summed E-state index contributed by atoms with van der Waals surface area (Å²) >= 11 is 1.77. The van der Waals surface area contributed by atoms with Gasteiger partial charge in [0.2, 0.25) is 0 Å². The molecule has 7 heavy (non-hydrogen) atoms. The molecule has 40 valence electrons. The molecule has 0 spiro atoms. The Balaban J connectivity index is 1.89. The highest BCUT2D eigenvalue weighted by Crippen LogP contribution is 2.33. The summed E-state index contributed by atoms with van der Waals surface area (Å²) in [5.41, 5.74) is 0. The fourth-order valence-corrected chi connectivity index (χ4v) is 0.615. The summed E-state index contributed by atoms with van der Waals surface area (Å²) in [6.45, 7) is 3.67. The second-order valence-corrected chi connectivity index (χ2v) is 2.33. The van der Waals surface area contributed by atoms with Gasteiger partial charge >= 0.3 is 0 Å². The van der Waals surface area contributed by atoms with Crippen LogP contribution < -0.4 is 0 Å². The maximum absolute atomic E-state index is 5.07. The predicted octanol–water partition coefficient (Wildman–Crippen LogP) is 1.61. The van der Waals surface area contributed by atoms with E-state index in [9.17, 15) is 0 Å². The summed E-state index contributed by atoms with van der Waals surface area (Å²) in [4.78, 5) is 1.38. The van der Waals surface area contributed by atoms with Gasteiger partial charge < -0.3 is 4.74 Å². The van der Waals surface area contributed by atoms with Crippen LogP contribution in [0.15, 0.2) is 10.3 Å². The van der Waals surface area contributed by atoms with Gasteiger partial charge in [0.05, 0.1) is 6.61 Å². The first-order valence-electron chi connectivity index (χ1n) is 2.37. The molecule has 0 atom stereocenters. The molecule has 0 saturated heterocycles. The summed E-state index contributed by atoms with van der Waals surface area (Å²) in [7, 11) is 0. The third kappa shape index (κ3) is 2.00. The lowest BCUT2D eigenvalue weighted by molar-refractivity contribution is 0.176. The molecule has 0 saturated carbocycles. The van der Waals surface area contributed by atoms with E-state index in [4.69, 9.17) is 4.74 Å². The lowest BCUT2D eigenvalue weighted by Crippen LogP contribution is -1.88. The van der Waals surface area contributed by atoms with Gasteiger partial charge in [0, 0.05) is 11.5 Å². The minimum Gasteiger partial charge on any atom is -0.376 e. The van der Waals surface area contributed by atoms with Gasteiger partial charge in [-0.2, -0.15) is 0 Å². The number of hydrogen-bond donors (Lipinski definition) is 0. The molecule has 0 aromatic rings. The maximum Gasteiger partial charge on any atom is 0.0783 e. The van der Waals surface area contributed by atoms with Crippen LogP contribution in [0.3, 0.4) is 0 Å². The molecule has 1 aliphatic rings. The van der Waals surface area contributed by atoms with Crippen molar-refractivity contribution in [1.29, 1.82) is 0 Å². The monoisotopic (exact) mass is 116 g/mol. The van der Waals surface area contributed by atoms with E-state index in [2.05, 4.69) is 5.41 Å². The Morgan fingerprint density at radius 1 is 1.86 bits per heavy atom. The second kappa shape index (κ2) is 2.38. The first-order chi connectivity index (χ1) is 3.43. The Bertz CT molecular complexity index is 88.1. The second-order valence-electron chi connectivity index (χ2n) is 1.34. The Morgan fingerprint density at radius 2 is 2.57 bits per heavy atom. The number of ether oxygens (including phenoxy) is 1. The van der Waals surface area contributed by atoms with Gasteiger partial charge in [-0.25, -0.2) is 0 Å². The average molecular weight is 116 g/mol. The number of hydrogen-bond acceptors (Lipinski definition) is 2. The lowest BCUT2D eigenvalue weighted by Gasteiger charge is -1.90. The van der Waals surface area contributed by atoms with Crippen molar-refractivity contribution in [3.63, 3.8) is 0 Å². The van der Waals surface area contributed by atoms with Crippen molar-refractivity contribution in [3.8, 4) is 0 Å². The number of rotatable bonds is 3. The van der Waals surface area contributed by atoms with E-state index in [1.807, 2.05) is 6.92 Å². The molecular formula is C5H8OS. The molecule has 1 aliphatic heterocycles. The highest BCUT2D eigenvalue weighted by molar-refractivity contribution is 8.12. The molecule has 0 fully saturated rings. The molecule has 0 amide bonds. The fourth-order valence-electron chi connectivity index (χ4n) is 0.312. The van der Waals surface area contributed by atoms with Gasteiger partial charge in [0.1, 0.15) is 0 Å². The molecule has 0 unspecified atom stereocenters. The molecule has 2 heteroatoms. The van der Waals surface area contributed by atoms with Gasteiger partial charge in [0.15, 0.2) is 0 Å². The van der Waals surface area contributed by atoms with E-state index in [1.165, 1.54) is 4.91 Å².